The Morgan fingerprint density at radius 3 is 2.56 bits per heavy atom. The number of ether oxygens (including phenoxy) is 1. The number of methoxy groups -OCH3 is 1. The second-order valence-electron chi connectivity index (χ2n) is 3.33. The van der Waals surface area contributed by atoms with E-state index in [4.69, 9.17) is 15.6 Å². The Labute approximate surface area is 91.3 Å². The Hall–Kier alpha value is -1.40. The van der Waals surface area contributed by atoms with E-state index in [0.29, 0.717) is 0 Å². The van der Waals surface area contributed by atoms with Crippen LogP contribution in [-0.2, 0) is 0 Å². The van der Waals surface area contributed by atoms with Gasteiger partial charge in [-0.15, -0.1) is 0 Å². The molecule has 16 heavy (non-hydrogen) atoms. The number of hydrogen-bond donors (Lipinski definition) is 3. The summed E-state index contributed by atoms with van der Waals surface area (Å²) in [6, 6.07) is 2.06. The Bertz CT molecular complexity index is 371. The number of halogens is 2. The Morgan fingerprint density at radius 1 is 1.50 bits per heavy atom. The van der Waals surface area contributed by atoms with Gasteiger partial charge in [-0.2, -0.15) is 0 Å². The second-order valence-corrected chi connectivity index (χ2v) is 3.33. The van der Waals surface area contributed by atoms with Gasteiger partial charge in [0, 0.05) is 0 Å². The summed E-state index contributed by atoms with van der Waals surface area (Å²) in [4.78, 5) is 0. The molecule has 1 aromatic rings. The Morgan fingerprint density at radius 2 is 2.12 bits per heavy atom. The van der Waals surface area contributed by atoms with E-state index in [1.807, 2.05) is 0 Å². The van der Waals surface area contributed by atoms with E-state index in [1.54, 1.807) is 0 Å². The molecule has 0 saturated heterocycles. The van der Waals surface area contributed by atoms with E-state index in [0.717, 1.165) is 6.07 Å². The van der Waals surface area contributed by atoms with Crippen LogP contribution in [0.2, 0.25) is 0 Å². The molecule has 4 nitrogen and oxygen atoms in total. The van der Waals surface area contributed by atoms with Crippen molar-refractivity contribution in [1.82, 2.24) is 0 Å². The van der Waals surface area contributed by atoms with Gasteiger partial charge < -0.3 is 20.7 Å². The highest BCUT2D eigenvalue weighted by Gasteiger charge is 2.37. The van der Waals surface area contributed by atoms with Crippen molar-refractivity contribution in [3.05, 3.63) is 23.8 Å². The zero-order chi connectivity index (χ0) is 12.3. The smallest absolute Gasteiger partial charge is 0.289 e. The lowest BCUT2D eigenvalue weighted by atomic mass is 10.0. The van der Waals surface area contributed by atoms with Crippen LogP contribution in [0.25, 0.3) is 0 Å². The van der Waals surface area contributed by atoms with E-state index < -0.39 is 18.6 Å². The number of alkyl halides is 2. The van der Waals surface area contributed by atoms with Gasteiger partial charge in [-0.3, -0.25) is 0 Å². The van der Waals surface area contributed by atoms with Crippen LogP contribution in [0.5, 0.6) is 11.5 Å². The lowest BCUT2D eigenvalue weighted by Crippen LogP contribution is -2.36. The molecule has 0 aliphatic carbocycles. The quantitative estimate of drug-likeness (QED) is 0.726. The van der Waals surface area contributed by atoms with Gasteiger partial charge in [-0.25, -0.2) is 8.78 Å². The Kier molecular flexibility index (Phi) is 3.66. The van der Waals surface area contributed by atoms with Crippen LogP contribution in [0.1, 0.15) is 11.6 Å². The highest BCUT2D eigenvalue weighted by atomic mass is 19.3. The molecule has 6 heteroatoms. The van der Waals surface area contributed by atoms with Gasteiger partial charge in [0.25, 0.3) is 5.92 Å². The van der Waals surface area contributed by atoms with Gasteiger partial charge in [-0.1, -0.05) is 6.07 Å². The number of aromatic hydroxyl groups is 1. The molecule has 0 aliphatic heterocycles. The lowest BCUT2D eigenvalue weighted by molar-refractivity contribution is -0.0712. The molecule has 0 fully saturated rings. The maximum Gasteiger partial charge on any atom is 0.289 e. The van der Waals surface area contributed by atoms with Crippen molar-refractivity contribution >= 4 is 0 Å². The molecular formula is C10H13F2NO3. The first kappa shape index (κ1) is 12.7. The zero-order valence-corrected chi connectivity index (χ0v) is 8.65. The summed E-state index contributed by atoms with van der Waals surface area (Å²) in [7, 11) is 1.34. The van der Waals surface area contributed by atoms with Crippen LogP contribution in [0.15, 0.2) is 18.2 Å². The number of hydrogen-bond acceptors (Lipinski definition) is 4. The van der Waals surface area contributed by atoms with E-state index >= 15 is 0 Å². The molecule has 0 unspecified atom stereocenters. The van der Waals surface area contributed by atoms with Gasteiger partial charge in [0.15, 0.2) is 11.5 Å². The molecule has 0 amide bonds. The molecule has 0 aromatic heterocycles. The van der Waals surface area contributed by atoms with Crippen molar-refractivity contribution in [3.63, 3.8) is 0 Å². The minimum absolute atomic E-state index is 0.0253. The molecule has 0 bridgehead atoms. The van der Waals surface area contributed by atoms with Crippen molar-refractivity contribution in [3.8, 4) is 11.5 Å². The molecule has 1 rings (SSSR count). The van der Waals surface area contributed by atoms with Crippen LogP contribution in [0, 0.1) is 0 Å². The summed E-state index contributed by atoms with van der Waals surface area (Å²) < 4.78 is 30.9. The van der Waals surface area contributed by atoms with Gasteiger partial charge in [0.2, 0.25) is 0 Å². The maximum absolute atomic E-state index is 13.1. The maximum atomic E-state index is 13.1. The van der Waals surface area contributed by atoms with E-state index in [-0.39, 0.29) is 17.1 Å². The van der Waals surface area contributed by atoms with E-state index in [1.165, 1.54) is 19.2 Å². The summed E-state index contributed by atoms with van der Waals surface area (Å²) in [5.41, 5.74) is 5.31. The van der Waals surface area contributed by atoms with Crippen molar-refractivity contribution in [2.75, 3.05) is 13.7 Å². The van der Waals surface area contributed by atoms with Crippen molar-refractivity contribution in [2.45, 2.75) is 12.0 Å². The number of phenolic OH excluding ortho intramolecular Hbond substituents is 1. The number of rotatable bonds is 4. The number of aliphatic hydroxyl groups excluding tert-OH is 1. The summed E-state index contributed by atoms with van der Waals surface area (Å²) >= 11 is 0. The third kappa shape index (κ3) is 2.40. The third-order valence-corrected chi connectivity index (χ3v) is 2.23. The predicted octanol–water partition coefficient (Wildman–Crippen LogP) is 1.03. The minimum Gasteiger partial charge on any atom is -0.504 e. The average Bonchev–Trinajstić information content (AvgIpc) is 2.27. The third-order valence-electron chi connectivity index (χ3n) is 2.23. The Balaban J connectivity index is 3.02. The van der Waals surface area contributed by atoms with Crippen LogP contribution in [0.3, 0.4) is 0 Å². The molecule has 0 aliphatic rings. The number of nitrogens with two attached hydrogens (primary N) is 1. The SMILES string of the molecule is COc1ccc([C@H](N)C(F)(F)CO)cc1O. The number of aliphatic hydroxyl groups is 1. The molecule has 1 aromatic carbocycles. The number of benzene rings is 1. The summed E-state index contributed by atoms with van der Waals surface area (Å²) in [6.45, 7) is -1.35. The van der Waals surface area contributed by atoms with Crippen LogP contribution < -0.4 is 10.5 Å². The fraction of sp³-hybridized carbons (Fsp3) is 0.400. The minimum atomic E-state index is -3.43. The topological polar surface area (TPSA) is 75.7 Å². The summed E-state index contributed by atoms with van der Waals surface area (Å²) in [5, 5.41) is 17.9. The fourth-order valence-electron chi connectivity index (χ4n) is 1.24. The monoisotopic (exact) mass is 233 g/mol. The van der Waals surface area contributed by atoms with Crippen molar-refractivity contribution in [1.29, 1.82) is 0 Å². The molecule has 0 spiro atoms. The second kappa shape index (κ2) is 4.63. The van der Waals surface area contributed by atoms with Gasteiger partial charge in [0.1, 0.15) is 6.61 Å². The first-order valence-electron chi connectivity index (χ1n) is 4.53. The van der Waals surface area contributed by atoms with E-state index in [2.05, 4.69) is 0 Å². The molecular weight excluding hydrogens is 220 g/mol. The van der Waals surface area contributed by atoms with Crippen LogP contribution in [-0.4, -0.2) is 29.9 Å². The van der Waals surface area contributed by atoms with Gasteiger partial charge in [0.05, 0.1) is 13.2 Å². The standard InChI is InChI=1S/C10H13F2NO3/c1-16-8-3-2-6(4-7(8)15)9(13)10(11,12)5-14/h2-4,9,14-15H,5,13H2,1H3/t9-/m0/s1. The highest BCUT2D eigenvalue weighted by Crippen LogP contribution is 2.33. The summed E-state index contributed by atoms with van der Waals surface area (Å²) in [6.07, 6.45) is 0. The van der Waals surface area contributed by atoms with E-state index in [9.17, 15) is 13.9 Å². The normalized spacial score (nSPS) is 13.6. The van der Waals surface area contributed by atoms with Gasteiger partial charge in [-0.05, 0) is 17.7 Å². The zero-order valence-electron chi connectivity index (χ0n) is 8.65. The highest BCUT2D eigenvalue weighted by molar-refractivity contribution is 5.43. The van der Waals surface area contributed by atoms with Crippen LogP contribution >= 0.6 is 0 Å². The van der Waals surface area contributed by atoms with Crippen molar-refractivity contribution < 1.29 is 23.7 Å². The molecule has 4 N–H and O–H groups in total. The largest absolute Gasteiger partial charge is 0.504 e. The molecule has 0 heterocycles. The predicted molar refractivity (Wildman–Crippen MR) is 53.6 cm³/mol. The molecule has 90 valence electrons. The first-order valence-corrected chi connectivity index (χ1v) is 4.53. The first-order chi connectivity index (χ1) is 7.42. The van der Waals surface area contributed by atoms with Crippen molar-refractivity contribution in [2.24, 2.45) is 5.73 Å². The molecule has 1 atom stereocenters. The average molecular weight is 233 g/mol. The van der Waals surface area contributed by atoms with Crippen LogP contribution in [0.4, 0.5) is 8.78 Å². The summed E-state index contributed by atoms with van der Waals surface area (Å²) in [5.74, 6) is -3.53. The fourth-order valence-corrected chi connectivity index (χ4v) is 1.24. The molecule has 0 saturated carbocycles. The van der Waals surface area contributed by atoms with Gasteiger partial charge >= 0.3 is 0 Å². The number of phenols is 1. The molecule has 0 radical (unpaired) electrons. The lowest BCUT2D eigenvalue weighted by Gasteiger charge is -2.22.